The number of benzene rings is 1. The van der Waals surface area contributed by atoms with Crippen LogP contribution in [0.4, 0.5) is 5.69 Å². The smallest absolute Gasteiger partial charge is 0.253 e. The molecule has 27 heavy (non-hydrogen) atoms. The number of nitrogens with one attached hydrogen (secondary N) is 1. The molecule has 2 fully saturated rings. The second kappa shape index (κ2) is 8.13. The second-order valence-electron chi connectivity index (χ2n) is 7.19. The van der Waals surface area contributed by atoms with E-state index in [0.717, 1.165) is 51.0 Å². The molecule has 2 aliphatic heterocycles. The number of hydrogen-bond donors (Lipinski definition) is 1. The summed E-state index contributed by atoms with van der Waals surface area (Å²) >= 11 is 1.72. The molecule has 142 valence electrons. The van der Waals surface area contributed by atoms with E-state index in [1.807, 2.05) is 40.1 Å². The maximum atomic E-state index is 12.7. The summed E-state index contributed by atoms with van der Waals surface area (Å²) in [7, 11) is 0. The summed E-state index contributed by atoms with van der Waals surface area (Å²) in [5.41, 5.74) is 1.58. The van der Waals surface area contributed by atoms with Crippen molar-refractivity contribution in [1.82, 2.24) is 9.80 Å². The Morgan fingerprint density at radius 3 is 2.52 bits per heavy atom. The van der Waals surface area contributed by atoms with Gasteiger partial charge in [0.15, 0.2) is 0 Å². The van der Waals surface area contributed by atoms with Crippen LogP contribution in [-0.2, 0) is 4.79 Å². The number of thiophene rings is 1. The Bertz CT molecular complexity index is 782. The lowest BCUT2D eigenvalue weighted by Gasteiger charge is -2.24. The van der Waals surface area contributed by atoms with Gasteiger partial charge in [-0.25, -0.2) is 0 Å². The molecule has 2 aliphatic rings. The van der Waals surface area contributed by atoms with Gasteiger partial charge in [0.25, 0.3) is 5.91 Å². The molecule has 0 aliphatic carbocycles. The third-order valence-corrected chi connectivity index (χ3v) is 6.39. The van der Waals surface area contributed by atoms with Crippen LogP contribution in [0.3, 0.4) is 0 Å². The molecule has 1 atom stereocenters. The Morgan fingerprint density at radius 1 is 1.04 bits per heavy atom. The highest BCUT2D eigenvalue weighted by Gasteiger charge is 2.30. The van der Waals surface area contributed by atoms with Crippen molar-refractivity contribution in [1.29, 1.82) is 0 Å². The Hall–Kier alpha value is -2.34. The summed E-state index contributed by atoms with van der Waals surface area (Å²) in [6, 6.07) is 11.8. The highest BCUT2D eigenvalue weighted by molar-refractivity contribution is 7.10. The fraction of sp³-hybridized carbons (Fsp3) is 0.429. The van der Waals surface area contributed by atoms with Crippen molar-refractivity contribution in [2.45, 2.75) is 31.7 Å². The highest BCUT2D eigenvalue weighted by atomic mass is 32.1. The average molecular weight is 384 g/mol. The van der Waals surface area contributed by atoms with Crippen LogP contribution >= 0.6 is 11.3 Å². The minimum atomic E-state index is 0.103. The molecule has 2 aromatic rings. The molecule has 2 saturated heterocycles. The van der Waals surface area contributed by atoms with Gasteiger partial charge in [0, 0.05) is 35.8 Å². The standard InChI is InChI=1S/C21H25N3O2S/c25-20(24-13-3-5-18(24)19-6-4-14-27-19)15-22-17-9-7-16(8-10-17)21(26)23-11-1-2-12-23/h4,6-10,14,18,22H,1-3,5,11-13,15H2. The van der Waals surface area contributed by atoms with Crippen molar-refractivity contribution in [3.8, 4) is 0 Å². The highest BCUT2D eigenvalue weighted by Crippen LogP contribution is 2.34. The van der Waals surface area contributed by atoms with Gasteiger partial charge in [-0.2, -0.15) is 0 Å². The molecule has 0 saturated carbocycles. The number of nitrogens with zero attached hydrogens (tertiary/aromatic N) is 2. The molecule has 3 heterocycles. The minimum absolute atomic E-state index is 0.103. The summed E-state index contributed by atoms with van der Waals surface area (Å²) < 4.78 is 0. The van der Waals surface area contributed by atoms with Gasteiger partial charge in [0.2, 0.25) is 5.91 Å². The van der Waals surface area contributed by atoms with Gasteiger partial charge in [0.1, 0.15) is 0 Å². The topological polar surface area (TPSA) is 52.7 Å². The van der Waals surface area contributed by atoms with E-state index in [0.29, 0.717) is 5.56 Å². The van der Waals surface area contributed by atoms with E-state index in [9.17, 15) is 9.59 Å². The molecule has 6 heteroatoms. The Morgan fingerprint density at radius 2 is 1.81 bits per heavy atom. The van der Waals surface area contributed by atoms with Crippen LogP contribution in [0.15, 0.2) is 41.8 Å². The van der Waals surface area contributed by atoms with E-state index in [1.54, 1.807) is 11.3 Å². The molecule has 1 aromatic heterocycles. The fourth-order valence-electron chi connectivity index (χ4n) is 3.95. The van der Waals surface area contributed by atoms with Crippen molar-refractivity contribution >= 4 is 28.8 Å². The Balaban J connectivity index is 1.33. The number of rotatable bonds is 5. The molecule has 4 rings (SSSR count). The van der Waals surface area contributed by atoms with Crippen molar-refractivity contribution in [2.75, 3.05) is 31.5 Å². The maximum Gasteiger partial charge on any atom is 0.253 e. The molecular weight excluding hydrogens is 358 g/mol. The van der Waals surface area contributed by atoms with Crippen molar-refractivity contribution in [3.05, 3.63) is 52.2 Å². The van der Waals surface area contributed by atoms with Gasteiger partial charge in [-0.3, -0.25) is 9.59 Å². The molecule has 0 bridgehead atoms. The van der Waals surface area contributed by atoms with Gasteiger partial charge in [-0.1, -0.05) is 6.07 Å². The zero-order valence-electron chi connectivity index (χ0n) is 15.4. The third-order valence-electron chi connectivity index (χ3n) is 5.41. The normalized spacial score (nSPS) is 19.5. The summed E-state index contributed by atoms with van der Waals surface area (Å²) in [6.07, 6.45) is 4.29. The first-order chi connectivity index (χ1) is 13.2. The van der Waals surface area contributed by atoms with Gasteiger partial charge < -0.3 is 15.1 Å². The quantitative estimate of drug-likeness (QED) is 0.855. The lowest BCUT2D eigenvalue weighted by molar-refractivity contribution is -0.130. The summed E-state index contributed by atoms with van der Waals surface area (Å²) in [5, 5.41) is 5.28. The third kappa shape index (κ3) is 4.00. The Labute approximate surface area is 164 Å². The van der Waals surface area contributed by atoms with Crippen molar-refractivity contribution in [3.63, 3.8) is 0 Å². The largest absolute Gasteiger partial charge is 0.376 e. The lowest BCUT2D eigenvalue weighted by Crippen LogP contribution is -2.34. The number of carbonyl (C=O) groups excluding carboxylic acids is 2. The molecule has 0 radical (unpaired) electrons. The molecule has 1 N–H and O–H groups in total. The van der Waals surface area contributed by atoms with Crippen LogP contribution in [0.25, 0.3) is 0 Å². The lowest BCUT2D eigenvalue weighted by atomic mass is 10.1. The van der Waals surface area contributed by atoms with E-state index >= 15 is 0 Å². The molecule has 5 nitrogen and oxygen atoms in total. The van der Waals surface area contributed by atoms with Crippen LogP contribution in [0.5, 0.6) is 0 Å². The van der Waals surface area contributed by atoms with Gasteiger partial charge in [-0.05, 0) is 61.4 Å². The van der Waals surface area contributed by atoms with Crippen LogP contribution in [0.1, 0.15) is 47.0 Å². The van der Waals surface area contributed by atoms with Gasteiger partial charge in [-0.15, -0.1) is 11.3 Å². The zero-order valence-corrected chi connectivity index (χ0v) is 16.2. The first kappa shape index (κ1) is 18.0. The van der Waals surface area contributed by atoms with Crippen molar-refractivity contribution < 1.29 is 9.59 Å². The minimum Gasteiger partial charge on any atom is -0.376 e. The number of hydrogen-bond acceptors (Lipinski definition) is 4. The summed E-state index contributed by atoms with van der Waals surface area (Å²) in [5.74, 6) is 0.231. The molecule has 1 aromatic carbocycles. The van der Waals surface area contributed by atoms with E-state index in [2.05, 4.69) is 16.8 Å². The van der Waals surface area contributed by atoms with Crippen LogP contribution in [0.2, 0.25) is 0 Å². The van der Waals surface area contributed by atoms with E-state index < -0.39 is 0 Å². The number of anilines is 1. The van der Waals surface area contributed by atoms with Gasteiger partial charge in [0.05, 0.1) is 12.6 Å². The molecule has 0 spiro atoms. The van der Waals surface area contributed by atoms with Crippen LogP contribution < -0.4 is 5.32 Å². The first-order valence-electron chi connectivity index (χ1n) is 9.68. The Kier molecular flexibility index (Phi) is 5.43. The summed E-state index contributed by atoms with van der Waals surface area (Å²) in [4.78, 5) is 30.2. The number of carbonyl (C=O) groups is 2. The summed E-state index contributed by atoms with van der Waals surface area (Å²) in [6.45, 7) is 2.82. The first-order valence-corrected chi connectivity index (χ1v) is 10.6. The molecule has 2 amide bonds. The predicted molar refractivity (Wildman–Crippen MR) is 108 cm³/mol. The number of likely N-dealkylation sites (tertiary alicyclic amines) is 2. The van der Waals surface area contributed by atoms with Crippen LogP contribution in [-0.4, -0.2) is 47.8 Å². The molecular formula is C21H25N3O2S. The van der Waals surface area contributed by atoms with Crippen LogP contribution in [0, 0.1) is 0 Å². The molecule has 1 unspecified atom stereocenters. The maximum absolute atomic E-state index is 12.7. The SMILES string of the molecule is O=C(c1ccc(NCC(=O)N2CCCC2c2cccs2)cc1)N1CCCC1. The zero-order chi connectivity index (χ0) is 18.6. The fourth-order valence-corrected chi connectivity index (χ4v) is 4.83. The van der Waals surface area contributed by atoms with Gasteiger partial charge >= 0.3 is 0 Å². The predicted octanol–water partition coefficient (Wildman–Crippen LogP) is 3.76. The van der Waals surface area contributed by atoms with Crippen molar-refractivity contribution in [2.24, 2.45) is 0 Å². The number of amides is 2. The second-order valence-corrected chi connectivity index (χ2v) is 8.17. The average Bonchev–Trinajstić information content (AvgIpc) is 3.47. The van der Waals surface area contributed by atoms with E-state index in [-0.39, 0.29) is 24.4 Å². The monoisotopic (exact) mass is 383 g/mol. The van der Waals surface area contributed by atoms with E-state index in [1.165, 1.54) is 4.88 Å². The van der Waals surface area contributed by atoms with E-state index in [4.69, 9.17) is 0 Å².